The minimum atomic E-state index is -0.882. The van der Waals surface area contributed by atoms with Crippen LogP contribution < -0.4 is 10.1 Å². The number of hydrogen-bond acceptors (Lipinski definition) is 4. The molecule has 0 heterocycles. The molecule has 6 heteroatoms. The molecule has 0 aromatic heterocycles. The van der Waals surface area contributed by atoms with Crippen LogP contribution >= 0.6 is 0 Å². The topological polar surface area (TPSA) is 81.5 Å². The fraction of sp³-hybridized carbons (Fsp3) is 0.105. The Kier molecular flexibility index (Phi) is 4.61. The second-order valence-corrected chi connectivity index (χ2v) is 5.54. The highest BCUT2D eigenvalue weighted by Gasteiger charge is 2.20. The van der Waals surface area contributed by atoms with E-state index in [1.54, 1.807) is 25.1 Å². The van der Waals surface area contributed by atoms with Crippen molar-refractivity contribution in [2.75, 3.05) is 5.32 Å². The number of nitro groups is 1. The van der Waals surface area contributed by atoms with Crippen LogP contribution in [0.1, 0.15) is 6.92 Å². The summed E-state index contributed by atoms with van der Waals surface area (Å²) in [4.78, 5) is 22.8. The van der Waals surface area contributed by atoms with E-state index in [0.717, 1.165) is 10.8 Å². The normalized spacial score (nSPS) is 11.7. The number of nitrogens with zero attached hydrogens (tertiary/aromatic N) is 1. The molecule has 0 aliphatic heterocycles. The maximum atomic E-state index is 12.3. The van der Waals surface area contributed by atoms with Crippen molar-refractivity contribution in [3.8, 4) is 5.75 Å². The van der Waals surface area contributed by atoms with Gasteiger partial charge in [-0.1, -0.05) is 42.5 Å². The molecule has 0 fully saturated rings. The number of carbonyl (C=O) groups is 1. The standard InChI is InChI=1S/C19H16N2O4/c1-13(25-18-9-5-4-8-17(18)21(23)24)19(22)20-16-11-10-14-6-2-3-7-15(14)12-16/h2-13H,1H3,(H,20,22)/t13-/m0/s1. The van der Waals surface area contributed by atoms with Crippen LogP contribution in [-0.2, 0) is 4.79 Å². The first-order valence-electron chi connectivity index (χ1n) is 7.74. The molecule has 0 aliphatic carbocycles. The first-order chi connectivity index (χ1) is 12.0. The summed E-state index contributed by atoms with van der Waals surface area (Å²) in [6.45, 7) is 1.55. The minimum absolute atomic E-state index is 0.0636. The Balaban J connectivity index is 1.73. The third kappa shape index (κ3) is 3.74. The second kappa shape index (κ2) is 7.00. The number of carbonyl (C=O) groups excluding carboxylic acids is 1. The molecule has 1 atom stereocenters. The van der Waals surface area contributed by atoms with Crippen LogP contribution in [0.3, 0.4) is 0 Å². The highest BCUT2D eigenvalue weighted by Crippen LogP contribution is 2.27. The van der Waals surface area contributed by atoms with Crippen LogP contribution in [0.5, 0.6) is 5.75 Å². The van der Waals surface area contributed by atoms with Gasteiger partial charge in [0.15, 0.2) is 11.9 Å². The van der Waals surface area contributed by atoms with E-state index in [2.05, 4.69) is 5.32 Å². The van der Waals surface area contributed by atoms with Gasteiger partial charge in [-0.05, 0) is 35.9 Å². The van der Waals surface area contributed by atoms with Crippen molar-refractivity contribution in [3.05, 3.63) is 76.8 Å². The average Bonchev–Trinajstić information content (AvgIpc) is 2.61. The van der Waals surface area contributed by atoms with E-state index >= 15 is 0 Å². The maximum Gasteiger partial charge on any atom is 0.310 e. The summed E-state index contributed by atoms with van der Waals surface area (Å²) in [7, 11) is 0. The van der Waals surface area contributed by atoms with Gasteiger partial charge in [-0.3, -0.25) is 14.9 Å². The predicted octanol–water partition coefficient (Wildman–Crippen LogP) is 4.15. The Hall–Kier alpha value is -3.41. The lowest BCUT2D eigenvalue weighted by atomic mass is 10.1. The van der Waals surface area contributed by atoms with Gasteiger partial charge in [0.2, 0.25) is 0 Å². The van der Waals surface area contributed by atoms with E-state index in [9.17, 15) is 14.9 Å². The molecule has 0 saturated heterocycles. The van der Waals surface area contributed by atoms with Crippen molar-refractivity contribution in [2.45, 2.75) is 13.0 Å². The minimum Gasteiger partial charge on any atom is -0.474 e. The lowest BCUT2D eigenvalue weighted by Gasteiger charge is -2.15. The fourth-order valence-electron chi connectivity index (χ4n) is 2.46. The van der Waals surface area contributed by atoms with E-state index in [-0.39, 0.29) is 17.3 Å². The Morgan fingerprint density at radius 1 is 1.04 bits per heavy atom. The summed E-state index contributed by atoms with van der Waals surface area (Å²) in [5, 5.41) is 15.9. The number of amides is 1. The van der Waals surface area contributed by atoms with Crippen molar-refractivity contribution in [3.63, 3.8) is 0 Å². The van der Waals surface area contributed by atoms with Crippen LogP contribution in [-0.4, -0.2) is 16.9 Å². The summed E-state index contributed by atoms with van der Waals surface area (Å²) in [5.74, 6) is -0.318. The molecule has 3 aromatic rings. The van der Waals surface area contributed by atoms with Gasteiger partial charge in [-0.25, -0.2) is 0 Å². The number of hydrogen-bond donors (Lipinski definition) is 1. The van der Waals surface area contributed by atoms with Crippen LogP contribution in [0.2, 0.25) is 0 Å². The number of benzene rings is 3. The van der Waals surface area contributed by atoms with Gasteiger partial charge in [0, 0.05) is 11.8 Å². The number of anilines is 1. The quantitative estimate of drug-likeness (QED) is 0.560. The lowest BCUT2D eigenvalue weighted by Crippen LogP contribution is -2.30. The van der Waals surface area contributed by atoms with Crippen molar-refractivity contribution >= 4 is 28.1 Å². The number of nitrogens with one attached hydrogen (secondary N) is 1. The largest absolute Gasteiger partial charge is 0.474 e. The molecule has 1 amide bonds. The zero-order chi connectivity index (χ0) is 17.8. The Morgan fingerprint density at radius 2 is 1.72 bits per heavy atom. The van der Waals surface area contributed by atoms with Crippen molar-refractivity contribution in [1.82, 2.24) is 0 Å². The Bertz CT molecular complexity index is 939. The molecule has 0 spiro atoms. The molecule has 25 heavy (non-hydrogen) atoms. The van der Waals surface area contributed by atoms with Crippen molar-refractivity contribution in [1.29, 1.82) is 0 Å². The van der Waals surface area contributed by atoms with Crippen LogP contribution in [0.25, 0.3) is 10.8 Å². The molecule has 3 rings (SSSR count). The van der Waals surface area contributed by atoms with E-state index in [1.165, 1.54) is 12.1 Å². The first-order valence-corrected chi connectivity index (χ1v) is 7.74. The van der Waals surface area contributed by atoms with Gasteiger partial charge >= 0.3 is 5.69 Å². The average molecular weight is 336 g/mol. The Morgan fingerprint density at radius 3 is 2.48 bits per heavy atom. The summed E-state index contributed by atoms with van der Waals surface area (Å²) < 4.78 is 5.47. The zero-order valence-corrected chi connectivity index (χ0v) is 13.5. The number of nitro benzene ring substituents is 1. The SMILES string of the molecule is C[C@H](Oc1ccccc1[N+](=O)[O-])C(=O)Nc1ccc2ccccc2c1. The van der Waals surface area contributed by atoms with Gasteiger partial charge in [-0.2, -0.15) is 0 Å². The summed E-state index contributed by atoms with van der Waals surface area (Å²) in [6.07, 6.45) is -0.882. The Labute approximate surface area is 144 Å². The number of rotatable bonds is 5. The van der Waals surface area contributed by atoms with Gasteiger partial charge in [0.1, 0.15) is 0 Å². The van der Waals surface area contributed by atoms with Crippen LogP contribution in [0, 0.1) is 10.1 Å². The summed E-state index contributed by atoms with van der Waals surface area (Å²) in [5.41, 5.74) is 0.467. The number of ether oxygens (including phenoxy) is 1. The summed E-state index contributed by atoms with van der Waals surface area (Å²) in [6, 6.07) is 19.4. The molecule has 1 N–H and O–H groups in total. The lowest BCUT2D eigenvalue weighted by molar-refractivity contribution is -0.386. The third-order valence-electron chi connectivity index (χ3n) is 3.75. The third-order valence-corrected chi connectivity index (χ3v) is 3.75. The predicted molar refractivity (Wildman–Crippen MR) is 95.8 cm³/mol. The molecule has 3 aromatic carbocycles. The molecule has 6 nitrogen and oxygen atoms in total. The molecular formula is C19H16N2O4. The summed E-state index contributed by atoms with van der Waals surface area (Å²) >= 11 is 0. The van der Waals surface area contributed by atoms with Crippen molar-refractivity contribution < 1.29 is 14.5 Å². The molecular weight excluding hydrogens is 320 g/mol. The van der Waals surface area contributed by atoms with Gasteiger partial charge < -0.3 is 10.1 Å². The highest BCUT2D eigenvalue weighted by molar-refractivity contribution is 5.96. The maximum absolute atomic E-state index is 12.3. The van der Waals surface area contributed by atoms with E-state index < -0.39 is 11.0 Å². The van der Waals surface area contributed by atoms with Crippen LogP contribution in [0.4, 0.5) is 11.4 Å². The van der Waals surface area contributed by atoms with E-state index in [1.807, 2.05) is 36.4 Å². The molecule has 0 radical (unpaired) electrons. The van der Waals surface area contributed by atoms with E-state index in [0.29, 0.717) is 5.69 Å². The highest BCUT2D eigenvalue weighted by atomic mass is 16.6. The van der Waals surface area contributed by atoms with Gasteiger partial charge in [0.25, 0.3) is 5.91 Å². The van der Waals surface area contributed by atoms with Crippen LogP contribution in [0.15, 0.2) is 66.7 Å². The molecule has 0 unspecified atom stereocenters. The van der Waals surface area contributed by atoms with Gasteiger partial charge in [-0.15, -0.1) is 0 Å². The molecule has 0 saturated carbocycles. The second-order valence-electron chi connectivity index (χ2n) is 5.54. The van der Waals surface area contributed by atoms with E-state index in [4.69, 9.17) is 4.74 Å². The zero-order valence-electron chi connectivity index (χ0n) is 13.5. The fourth-order valence-corrected chi connectivity index (χ4v) is 2.46. The number of fused-ring (bicyclic) bond motifs is 1. The molecule has 126 valence electrons. The van der Waals surface area contributed by atoms with Gasteiger partial charge in [0.05, 0.1) is 4.92 Å². The first kappa shape index (κ1) is 16.4. The smallest absolute Gasteiger partial charge is 0.310 e. The number of para-hydroxylation sites is 2. The molecule has 0 aliphatic rings. The van der Waals surface area contributed by atoms with Crippen molar-refractivity contribution in [2.24, 2.45) is 0 Å². The molecule has 0 bridgehead atoms. The monoisotopic (exact) mass is 336 g/mol.